The molecule has 1 N–H and O–H groups in total. The number of methoxy groups -OCH3 is 1. The molecule has 0 aromatic heterocycles. The SMILES string of the molecule is CCN(CCOC)CCOc1cccc(C#CCCO)c1. The van der Waals surface area contributed by atoms with Crippen molar-refractivity contribution in [3.05, 3.63) is 29.8 Å². The molecule has 0 bridgehead atoms. The van der Waals surface area contributed by atoms with Crippen molar-refractivity contribution in [2.24, 2.45) is 0 Å². The molecule has 0 heterocycles. The van der Waals surface area contributed by atoms with Crippen LogP contribution in [0.4, 0.5) is 0 Å². The molecule has 0 radical (unpaired) electrons. The van der Waals surface area contributed by atoms with Crippen molar-refractivity contribution in [1.29, 1.82) is 0 Å². The van der Waals surface area contributed by atoms with Gasteiger partial charge in [0.2, 0.25) is 0 Å². The van der Waals surface area contributed by atoms with E-state index in [0.29, 0.717) is 13.0 Å². The Morgan fingerprint density at radius 2 is 2.05 bits per heavy atom. The second kappa shape index (κ2) is 11.2. The second-order valence-electron chi connectivity index (χ2n) is 4.58. The number of likely N-dealkylation sites (N-methyl/N-ethyl adjacent to an activating group) is 1. The van der Waals surface area contributed by atoms with Gasteiger partial charge < -0.3 is 14.6 Å². The Morgan fingerprint density at radius 3 is 2.76 bits per heavy atom. The van der Waals surface area contributed by atoms with Crippen LogP contribution in [0, 0.1) is 11.8 Å². The van der Waals surface area contributed by atoms with Crippen molar-refractivity contribution in [2.75, 3.05) is 46.6 Å². The predicted octanol–water partition coefficient (Wildman–Crippen LogP) is 1.77. The van der Waals surface area contributed by atoms with E-state index in [1.54, 1.807) is 7.11 Å². The zero-order valence-electron chi connectivity index (χ0n) is 13.0. The minimum absolute atomic E-state index is 0.0948. The van der Waals surface area contributed by atoms with Crippen LogP contribution in [0.3, 0.4) is 0 Å². The molecule has 0 saturated heterocycles. The van der Waals surface area contributed by atoms with E-state index in [0.717, 1.165) is 37.6 Å². The fourth-order valence-electron chi connectivity index (χ4n) is 1.83. The lowest BCUT2D eigenvalue weighted by atomic mass is 10.2. The number of rotatable bonds is 9. The van der Waals surface area contributed by atoms with E-state index in [9.17, 15) is 0 Å². The number of aliphatic hydroxyl groups is 1. The molecule has 0 unspecified atom stereocenters. The monoisotopic (exact) mass is 291 g/mol. The maximum atomic E-state index is 8.71. The first-order chi connectivity index (χ1) is 10.3. The van der Waals surface area contributed by atoms with Gasteiger partial charge in [-0.3, -0.25) is 4.90 Å². The van der Waals surface area contributed by atoms with Crippen molar-refractivity contribution in [3.8, 4) is 17.6 Å². The van der Waals surface area contributed by atoms with Gasteiger partial charge in [-0.1, -0.05) is 24.8 Å². The summed E-state index contributed by atoms with van der Waals surface area (Å²) in [5, 5.41) is 8.71. The van der Waals surface area contributed by atoms with Gasteiger partial charge in [0.05, 0.1) is 13.2 Å². The molecule has 116 valence electrons. The van der Waals surface area contributed by atoms with Crippen LogP contribution in [0.15, 0.2) is 24.3 Å². The summed E-state index contributed by atoms with van der Waals surface area (Å²) >= 11 is 0. The maximum Gasteiger partial charge on any atom is 0.120 e. The summed E-state index contributed by atoms with van der Waals surface area (Å²) in [6, 6.07) is 7.73. The Morgan fingerprint density at radius 1 is 1.24 bits per heavy atom. The zero-order valence-corrected chi connectivity index (χ0v) is 13.0. The van der Waals surface area contributed by atoms with Crippen LogP contribution >= 0.6 is 0 Å². The van der Waals surface area contributed by atoms with Gasteiger partial charge in [0.1, 0.15) is 12.4 Å². The highest BCUT2D eigenvalue weighted by Crippen LogP contribution is 2.12. The number of ether oxygens (including phenoxy) is 2. The van der Waals surface area contributed by atoms with Crippen molar-refractivity contribution in [3.63, 3.8) is 0 Å². The molecular weight excluding hydrogens is 266 g/mol. The number of benzene rings is 1. The van der Waals surface area contributed by atoms with Gasteiger partial charge in [0.25, 0.3) is 0 Å². The standard InChI is InChI=1S/C17H25NO3/c1-3-18(10-13-20-2)11-14-21-17-9-6-8-16(15-17)7-4-5-12-19/h6,8-9,15,19H,3,5,10-14H2,1-2H3. The van der Waals surface area contributed by atoms with E-state index in [1.165, 1.54) is 0 Å². The summed E-state index contributed by atoms with van der Waals surface area (Å²) in [7, 11) is 1.72. The van der Waals surface area contributed by atoms with Gasteiger partial charge in [-0.25, -0.2) is 0 Å². The Labute approximate surface area is 127 Å². The Balaban J connectivity index is 2.41. The highest BCUT2D eigenvalue weighted by Gasteiger charge is 2.02. The van der Waals surface area contributed by atoms with Crippen molar-refractivity contribution < 1.29 is 14.6 Å². The Kier molecular flexibility index (Phi) is 9.30. The Hall–Kier alpha value is -1.54. The molecule has 0 saturated carbocycles. The minimum atomic E-state index is 0.0948. The first kappa shape index (κ1) is 17.5. The van der Waals surface area contributed by atoms with Crippen molar-refractivity contribution in [1.82, 2.24) is 4.90 Å². The fourth-order valence-corrected chi connectivity index (χ4v) is 1.83. The average Bonchev–Trinajstić information content (AvgIpc) is 2.51. The second-order valence-corrected chi connectivity index (χ2v) is 4.58. The third kappa shape index (κ3) is 7.72. The van der Waals surface area contributed by atoms with Crippen LogP contribution in [0.5, 0.6) is 5.75 Å². The van der Waals surface area contributed by atoms with E-state index in [-0.39, 0.29) is 6.61 Å². The molecule has 4 nitrogen and oxygen atoms in total. The molecule has 0 atom stereocenters. The van der Waals surface area contributed by atoms with Gasteiger partial charge in [-0.15, -0.1) is 0 Å². The molecule has 0 aliphatic rings. The topological polar surface area (TPSA) is 41.9 Å². The van der Waals surface area contributed by atoms with E-state index in [4.69, 9.17) is 14.6 Å². The summed E-state index contributed by atoms with van der Waals surface area (Å²) in [6.45, 7) is 6.39. The van der Waals surface area contributed by atoms with Crippen LogP contribution in [-0.4, -0.2) is 56.6 Å². The van der Waals surface area contributed by atoms with Gasteiger partial charge in [-0.05, 0) is 24.7 Å². The van der Waals surface area contributed by atoms with E-state index in [1.807, 2.05) is 24.3 Å². The minimum Gasteiger partial charge on any atom is -0.492 e. The molecule has 0 fully saturated rings. The summed E-state index contributed by atoms with van der Waals surface area (Å²) < 4.78 is 10.9. The Bertz CT molecular complexity index is 451. The first-order valence-corrected chi connectivity index (χ1v) is 7.34. The zero-order chi connectivity index (χ0) is 15.3. The molecule has 1 rings (SSSR count). The van der Waals surface area contributed by atoms with Gasteiger partial charge in [0.15, 0.2) is 0 Å². The number of hydrogen-bond acceptors (Lipinski definition) is 4. The summed E-state index contributed by atoms with van der Waals surface area (Å²) in [5.74, 6) is 6.74. The third-order valence-corrected chi connectivity index (χ3v) is 3.04. The van der Waals surface area contributed by atoms with Crippen LogP contribution < -0.4 is 4.74 Å². The molecular formula is C17H25NO3. The molecule has 4 heteroatoms. The highest BCUT2D eigenvalue weighted by molar-refractivity contribution is 5.39. The number of aliphatic hydroxyl groups excluding tert-OH is 1. The molecule has 0 amide bonds. The molecule has 1 aromatic carbocycles. The summed E-state index contributed by atoms with van der Waals surface area (Å²) in [4.78, 5) is 2.29. The molecule has 21 heavy (non-hydrogen) atoms. The smallest absolute Gasteiger partial charge is 0.120 e. The van der Waals surface area contributed by atoms with Crippen molar-refractivity contribution in [2.45, 2.75) is 13.3 Å². The lowest BCUT2D eigenvalue weighted by Gasteiger charge is -2.19. The molecule has 1 aromatic rings. The van der Waals surface area contributed by atoms with Crippen molar-refractivity contribution >= 4 is 0 Å². The molecule has 0 spiro atoms. The quantitative estimate of drug-likeness (QED) is 0.704. The first-order valence-electron chi connectivity index (χ1n) is 7.34. The summed E-state index contributed by atoms with van der Waals surface area (Å²) in [5.41, 5.74) is 0.910. The van der Waals surface area contributed by atoms with E-state index < -0.39 is 0 Å². The maximum absolute atomic E-state index is 8.71. The average molecular weight is 291 g/mol. The third-order valence-electron chi connectivity index (χ3n) is 3.04. The largest absolute Gasteiger partial charge is 0.492 e. The molecule has 0 aliphatic heterocycles. The number of hydrogen-bond donors (Lipinski definition) is 1. The van der Waals surface area contributed by atoms with Crippen LogP contribution in [-0.2, 0) is 4.74 Å². The van der Waals surface area contributed by atoms with Gasteiger partial charge in [-0.2, -0.15) is 0 Å². The number of nitrogens with zero attached hydrogens (tertiary/aromatic N) is 1. The van der Waals surface area contributed by atoms with Gasteiger partial charge in [0, 0.05) is 32.2 Å². The highest BCUT2D eigenvalue weighted by atomic mass is 16.5. The van der Waals surface area contributed by atoms with E-state index in [2.05, 4.69) is 23.7 Å². The van der Waals surface area contributed by atoms with E-state index >= 15 is 0 Å². The van der Waals surface area contributed by atoms with Crippen LogP contribution in [0.25, 0.3) is 0 Å². The van der Waals surface area contributed by atoms with Gasteiger partial charge >= 0.3 is 0 Å². The normalized spacial score (nSPS) is 10.3. The molecule has 0 aliphatic carbocycles. The predicted molar refractivity (Wildman–Crippen MR) is 84.5 cm³/mol. The van der Waals surface area contributed by atoms with Crippen LogP contribution in [0.1, 0.15) is 18.9 Å². The van der Waals surface area contributed by atoms with Crippen LogP contribution in [0.2, 0.25) is 0 Å². The lowest BCUT2D eigenvalue weighted by Crippen LogP contribution is -2.31. The fraction of sp³-hybridized carbons (Fsp3) is 0.529. The lowest BCUT2D eigenvalue weighted by molar-refractivity contribution is 0.138. The summed E-state index contributed by atoms with van der Waals surface area (Å²) in [6.07, 6.45) is 0.496.